The van der Waals surface area contributed by atoms with Gasteiger partial charge in [-0.05, 0) is 49.2 Å². The highest BCUT2D eigenvalue weighted by atomic mass is 32.2. The third-order valence-corrected chi connectivity index (χ3v) is 5.54. The molecule has 1 heterocycles. The first-order valence-corrected chi connectivity index (χ1v) is 9.56. The topological polar surface area (TPSA) is 49.4 Å². The Hall–Kier alpha value is -2.01. The summed E-state index contributed by atoms with van der Waals surface area (Å²) in [4.78, 5) is 2.65. The molecule has 0 aliphatic carbocycles. The van der Waals surface area contributed by atoms with E-state index in [0.29, 0.717) is 5.69 Å². The molecule has 1 aliphatic rings. The summed E-state index contributed by atoms with van der Waals surface area (Å²) in [6.45, 7) is 2.16. The Labute approximate surface area is 138 Å². The van der Waals surface area contributed by atoms with E-state index in [9.17, 15) is 8.42 Å². The summed E-state index contributed by atoms with van der Waals surface area (Å²) in [6, 6.07) is 16.1. The number of hydrogen-bond donors (Lipinski definition) is 1. The zero-order valence-electron chi connectivity index (χ0n) is 13.1. The van der Waals surface area contributed by atoms with Gasteiger partial charge in [0.05, 0.1) is 4.90 Å². The number of benzene rings is 2. The van der Waals surface area contributed by atoms with Gasteiger partial charge in [-0.2, -0.15) is 0 Å². The number of nitrogens with zero attached hydrogens (tertiary/aromatic N) is 1. The Bertz CT molecular complexity index is 719. The molecule has 1 N–H and O–H groups in total. The molecule has 0 radical (unpaired) electrons. The lowest BCUT2D eigenvalue weighted by Crippen LogP contribution is -2.23. The molecule has 0 unspecified atom stereocenters. The Morgan fingerprint density at radius 1 is 0.783 bits per heavy atom. The normalized spacial score (nSPS) is 15.9. The van der Waals surface area contributed by atoms with Gasteiger partial charge in [0.25, 0.3) is 10.0 Å². The molecule has 1 fully saturated rings. The Morgan fingerprint density at radius 3 is 2.00 bits per heavy atom. The summed E-state index contributed by atoms with van der Waals surface area (Å²) in [5.41, 5.74) is 1.75. The van der Waals surface area contributed by atoms with Gasteiger partial charge in [0.1, 0.15) is 0 Å². The fourth-order valence-corrected chi connectivity index (χ4v) is 3.96. The molecule has 0 saturated carbocycles. The third-order valence-electron chi connectivity index (χ3n) is 4.14. The van der Waals surface area contributed by atoms with E-state index < -0.39 is 10.0 Å². The zero-order chi connectivity index (χ0) is 16.1. The highest BCUT2D eigenvalue weighted by molar-refractivity contribution is 7.92. The van der Waals surface area contributed by atoms with Crippen LogP contribution in [0.1, 0.15) is 25.7 Å². The van der Waals surface area contributed by atoms with Crippen molar-refractivity contribution in [3.8, 4) is 0 Å². The molecule has 0 atom stereocenters. The molecule has 2 aromatic carbocycles. The fourth-order valence-electron chi connectivity index (χ4n) is 2.88. The van der Waals surface area contributed by atoms with Gasteiger partial charge in [0.15, 0.2) is 0 Å². The van der Waals surface area contributed by atoms with Crippen LogP contribution in [0.2, 0.25) is 0 Å². The highest BCUT2D eigenvalue weighted by Crippen LogP contribution is 2.23. The van der Waals surface area contributed by atoms with E-state index in [4.69, 9.17) is 0 Å². The van der Waals surface area contributed by atoms with Gasteiger partial charge in [-0.15, -0.1) is 0 Å². The van der Waals surface area contributed by atoms with Gasteiger partial charge < -0.3 is 4.90 Å². The quantitative estimate of drug-likeness (QED) is 0.926. The van der Waals surface area contributed by atoms with Crippen LogP contribution in [0.5, 0.6) is 0 Å². The second-order valence-electron chi connectivity index (χ2n) is 5.87. The van der Waals surface area contributed by atoms with E-state index in [1.54, 1.807) is 30.3 Å². The number of anilines is 2. The minimum Gasteiger partial charge on any atom is -0.372 e. The van der Waals surface area contributed by atoms with Crippen LogP contribution in [0.4, 0.5) is 11.4 Å². The first kappa shape index (κ1) is 15.9. The molecule has 122 valence electrons. The monoisotopic (exact) mass is 330 g/mol. The lowest BCUT2D eigenvalue weighted by molar-refractivity contribution is 0.601. The van der Waals surface area contributed by atoms with E-state index in [2.05, 4.69) is 9.62 Å². The van der Waals surface area contributed by atoms with Gasteiger partial charge in [0.2, 0.25) is 0 Å². The number of rotatable bonds is 4. The lowest BCUT2D eigenvalue weighted by atomic mass is 10.2. The van der Waals surface area contributed by atoms with Crippen molar-refractivity contribution in [3.05, 3.63) is 54.6 Å². The van der Waals surface area contributed by atoms with Crippen molar-refractivity contribution in [2.45, 2.75) is 30.6 Å². The lowest BCUT2D eigenvalue weighted by Gasteiger charge is -2.22. The van der Waals surface area contributed by atoms with Crippen molar-refractivity contribution in [2.24, 2.45) is 0 Å². The molecule has 23 heavy (non-hydrogen) atoms. The van der Waals surface area contributed by atoms with Gasteiger partial charge in [0, 0.05) is 24.5 Å². The average Bonchev–Trinajstić information content (AvgIpc) is 2.85. The summed E-state index contributed by atoms with van der Waals surface area (Å²) in [5, 5.41) is 0. The van der Waals surface area contributed by atoms with Crippen molar-refractivity contribution in [2.75, 3.05) is 22.7 Å². The first-order valence-electron chi connectivity index (χ1n) is 8.08. The molecule has 3 rings (SSSR count). The molecule has 1 aliphatic heterocycles. The van der Waals surface area contributed by atoms with Crippen LogP contribution in [-0.2, 0) is 10.0 Å². The summed E-state index contributed by atoms with van der Waals surface area (Å²) in [7, 11) is -3.52. The Morgan fingerprint density at radius 2 is 1.39 bits per heavy atom. The molecular formula is C18H22N2O2S. The minimum absolute atomic E-state index is 0.275. The van der Waals surface area contributed by atoms with Crippen LogP contribution >= 0.6 is 0 Å². The van der Waals surface area contributed by atoms with Crippen LogP contribution in [-0.4, -0.2) is 21.5 Å². The van der Waals surface area contributed by atoms with E-state index in [-0.39, 0.29) is 4.90 Å². The van der Waals surface area contributed by atoms with Crippen LogP contribution in [0, 0.1) is 0 Å². The third kappa shape index (κ3) is 4.05. The molecule has 1 saturated heterocycles. The van der Waals surface area contributed by atoms with Crippen LogP contribution in [0.15, 0.2) is 59.5 Å². The Balaban J connectivity index is 1.72. The summed E-state index contributed by atoms with van der Waals surface area (Å²) >= 11 is 0. The van der Waals surface area contributed by atoms with Crippen molar-refractivity contribution in [1.82, 2.24) is 0 Å². The molecule has 5 heteroatoms. The van der Waals surface area contributed by atoms with E-state index in [1.165, 1.54) is 25.7 Å². The maximum absolute atomic E-state index is 12.3. The molecule has 0 spiro atoms. The summed E-state index contributed by atoms with van der Waals surface area (Å²) < 4.78 is 27.3. The fraction of sp³-hybridized carbons (Fsp3) is 0.333. The second kappa shape index (κ2) is 7.04. The van der Waals surface area contributed by atoms with Crippen molar-refractivity contribution in [1.29, 1.82) is 0 Å². The predicted octanol–water partition coefficient (Wildman–Crippen LogP) is 3.87. The van der Waals surface area contributed by atoms with Crippen molar-refractivity contribution >= 4 is 21.4 Å². The molecule has 4 nitrogen and oxygen atoms in total. The maximum atomic E-state index is 12.3. The minimum atomic E-state index is -3.52. The molecule has 0 amide bonds. The van der Waals surface area contributed by atoms with Gasteiger partial charge in [-0.1, -0.05) is 31.0 Å². The number of sulfonamides is 1. The smallest absolute Gasteiger partial charge is 0.261 e. The summed E-state index contributed by atoms with van der Waals surface area (Å²) in [6.07, 6.45) is 5.04. The van der Waals surface area contributed by atoms with Crippen LogP contribution in [0.3, 0.4) is 0 Å². The van der Waals surface area contributed by atoms with Gasteiger partial charge in [-0.3, -0.25) is 4.72 Å². The summed E-state index contributed by atoms with van der Waals surface area (Å²) in [5.74, 6) is 0. The van der Waals surface area contributed by atoms with Gasteiger partial charge in [-0.25, -0.2) is 8.42 Å². The highest BCUT2D eigenvalue weighted by Gasteiger charge is 2.14. The SMILES string of the molecule is O=S(=O)(Nc1ccc(N2CCCCCC2)cc1)c1ccccc1. The molecule has 2 aromatic rings. The van der Waals surface area contributed by atoms with Crippen molar-refractivity contribution in [3.63, 3.8) is 0 Å². The van der Waals surface area contributed by atoms with E-state index >= 15 is 0 Å². The molecule has 0 bridgehead atoms. The van der Waals surface area contributed by atoms with Crippen LogP contribution < -0.4 is 9.62 Å². The Kier molecular flexibility index (Phi) is 4.86. The predicted molar refractivity (Wildman–Crippen MR) is 94.4 cm³/mol. The average molecular weight is 330 g/mol. The zero-order valence-corrected chi connectivity index (χ0v) is 13.9. The molecular weight excluding hydrogens is 308 g/mol. The van der Waals surface area contributed by atoms with E-state index in [0.717, 1.165) is 18.8 Å². The molecule has 0 aromatic heterocycles. The van der Waals surface area contributed by atoms with Crippen molar-refractivity contribution < 1.29 is 8.42 Å². The number of hydrogen-bond acceptors (Lipinski definition) is 3. The number of nitrogens with one attached hydrogen (secondary N) is 1. The van der Waals surface area contributed by atoms with E-state index in [1.807, 2.05) is 24.3 Å². The van der Waals surface area contributed by atoms with Crippen LogP contribution in [0.25, 0.3) is 0 Å². The maximum Gasteiger partial charge on any atom is 0.261 e. The first-order chi connectivity index (χ1) is 11.1. The largest absolute Gasteiger partial charge is 0.372 e. The second-order valence-corrected chi connectivity index (χ2v) is 7.55. The standard InChI is InChI=1S/C18H22N2O2S/c21-23(22,18-8-4-3-5-9-18)19-16-10-12-17(13-11-16)20-14-6-1-2-7-15-20/h3-5,8-13,19H,1-2,6-7,14-15H2. The van der Waals surface area contributed by atoms with Gasteiger partial charge >= 0.3 is 0 Å².